The first-order valence-corrected chi connectivity index (χ1v) is 7.78. The predicted octanol–water partition coefficient (Wildman–Crippen LogP) is 1.50. The minimum Gasteiger partial charge on any atom is -0.399 e. The fraction of sp³-hybridized carbons (Fsp3) is 0.500. The number of benzene rings is 1. The first-order valence-electron chi connectivity index (χ1n) is 5.86. The molecule has 1 aromatic rings. The maximum absolute atomic E-state index is 12.7. The average molecular weight is 306 g/mol. The van der Waals surface area contributed by atoms with E-state index in [1.54, 1.807) is 6.07 Å². The molecule has 2 N–H and O–H groups in total. The van der Waals surface area contributed by atoms with Crippen LogP contribution in [0, 0.1) is 0 Å². The molecule has 1 fully saturated rings. The third-order valence-corrected chi connectivity index (χ3v) is 5.94. The Labute approximate surface area is 117 Å². The van der Waals surface area contributed by atoms with Gasteiger partial charge < -0.3 is 15.2 Å². The summed E-state index contributed by atoms with van der Waals surface area (Å²) in [7, 11) is -2.12. The number of methoxy groups -OCH3 is 1. The van der Waals surface area contributed by atoms with Gasteiger partial charge in [-0.25, -0.2) is 8.42 Å². The number of hydrogen-bond donors (Lipinski definition) is 1. The van der Waals surface area contributed by atoms with Gasteiger partial charge in [0.2, 0.25) is 0 Å². The van der Waals surface area contributed by atoms with E-state index in [-0.39, 0.29) is 16.5 Å². The fourth-order valence-electron chi connectivity index (χ4n) is 2.17. The molecule has 1 saturated heterocycles. The summed E-state index contributed by atoms with van der Waals surface area (Å²) in [6, 6.07) is 4.45. The number of sulfone groups is 1. The van der Waals surface area contributed by atoms with Crippen molar-refractivity contribution in [3.8, 4) is 0 Å². The highest BCUT2D eigenvalue weighted by atomic mass is 35.5. The molecule has 0 aromatic heterocycles. The second-order valence-electron chi connectivity index (χ2n) is 4.41. The summed E-state index contributed by atoms with van der Waals surface area (Å²) >= 11 is 5.98. The van der Waals surface area contributed by atoms with Gasteiger partial charge in [-0.05, 0) is 24.6 Å². The Bertz CT molecular complexity index is 561. The van der Waals surface area contributed by atoms with E-state index in [1.807, 2.05) is 0 Å². The molecule has 0 spiro atoms. The Hall–Kier alpha value is -0.820. The number of halogens is 1. The predicted molar refractivity (Wildman–Crippen MR) is 73.1 cm³/mol. The van der Waals surface area contributed by atoms with E-state index >= 15 is 0 Å². The molecule has 0 unspecified atom stereocenters. The lowest BCUT2D eigenvalue weighted by molar-refractivity contribution is -0.0263. The van der Waals surface area contributed by atoms with Gasteiger partial charge in [0, 0.05) is 19.4 Å². The molecular formula is C12H16ClNO4S. The van der Waals surface area contributed by atoms with Crippen LogP contribution < -0.4 is 5.73 Å². The summed E-state index contributed by atoms with van der Waals surface area (Å²) in [5.41, 5.74) is 6.01. The van der Waals surface area contributed by atoms with Crippen LogP contribution in [-0.4, -0.2) is 40.1 Å². The molecule has 2 rings (SSSR count). The van der Waals surface area contributed by atoms with E-state index in [4.69, 9.17) is 26.8 Å². The molecule has 2 atom stereocenters. The zero-order chi connectivity index (χ0) is 14.0. The second kappa shape index (κ2) is 5.66. The van der Waals surface area contributed by atoms with Crippen LogP contribution in [0.4, 0.5) is 5.69 Å². The summed E-state index contributed by atoms with van der Waals surface area (Å²) in [5, 5.41) is -0.485. The largest absolute Gasteiger partial charge is 0.399 e. The van der Waals surface area contributed by atoms with Crippen molar-refractivity contribution in [2.45, 2.75) is 22.7 Å². The van der Waals surface area contributed by atoms with E-state index < -0.39 is 21.2 Å². The van der Waals surface area contributed by atoms with Crippen LogP contribution in [0.25, 0.3) is 0 Å². The molecule has 0 bridgehead atoms. The second-order valence-corrected chi connectivity index (χ2v) is 6.95. The van der Waals surface area contributed by atoms with Gasteiger partial charge in [0.15, 0.2) is 9.84 Å². The normalized spacial score (nSPS) is 24.3. The van der Waals surface area contributed by atoms with Crippen molar-refractivity contribution in [3.05, 3.63) is 23.2 Å². The average Bonchev–Trinajstić information content (AvgIpc) is 2.41. The maximum Gasteiger partial charge on any atom is 0.185 e. The molecular weight excluding hydrogens is 290 g/mol. The monoisotopic (exact) mass is 305 g/mol. The molecule has 1 heterocycles. The van der Waals surface area contributed by atoms with Crippen molar-refractivity contribution in [2.24, 2.45) is 0 Å². The minimum absolute atomic E-state index is 0.0584. The maximum atomic E-state index is 12.7. The summed E-state index contributed by atoms with van der Waals surface area (Å²) in [4.78, 5) is 0.0584. The van der Waals surface area contributed by atoms with Crippen LogP contribution in [0.15, 0.2) is 23.1 Å². The van der Waals surface area contributed by atoms with Crippen LogP contribution in [-0.2, 0) is 19.3 Å². The first kappa shape index (κ1) is 14.6. The van der Waals surface area contributed by atoms with Crippen molar-refractivity contribution < 1.29 is 17.9 Å². The van der Waals surface area contributed by atoms with E-state index in [1.165, 1.54) is 19.2 Å². The lowest BCUT2D eigenvalue weighted by Crippen LogP contribution is -2.43. The number of rotatable bonds is 3. The van der Waals surface area contributed by atoms with Crippen LogP contribution in [0.2, 0.25) is 5.02 Å². The summed E-state index contributed by atoms with van der Waals surface area (Å²) in [5.74, 6) is 0. The van der Waals surface area contributed by atoms with Crippen LogP contribution in [0.1, 0.15) is 6.42 Å². The Kier molecular flexibility index (Phi) is 4.35. The molecule has 1 aromatic carbocycles. The van der Waals surface area contributed by atoms with E-state index in [0.29, 0.717) is 18.7 Å². The summed E-state index contributed by atoms with van der Waals surface area (Å²) in [6.45, 7) is 0.657. The Morgan fingerprint density at radius 3 is 2.89 bits per heavy atom. The number of ether oxygens (including phenoxy) is 2. The van der Waals surface area contributed by atoms with Gasteiger partial charge in [0.05, 0.1) is 27.9 Å². The van der Waals surface area contributed by atoms with Gasteiger partial charge in [-0.15, -0.1) is 0 Å². The minimum atomic E-state index is -3.59. The van der Waals surface area contributed by atoms with Crippen molar-refractivity contribution >= 4 is 27.1 Å². The van der Waals surface area contributed by atoms with Gasteiger partial charge in [0.1, 0.15) is 0 Å². The number of nitrogens with two attached hydrogens (primary N) is 1. The van der Waals surface area contributed by atoms with Crippen LogP contribution in [0.3, 0.4) is 0 Å². The highest BCUT2D eigenvalue weighted by Crippen LogP contribution is 2.31. The highest BCUT2D eigenvalue weighted by Gasteiger charge is 2.38. The number of nitrogen functional groups attached to an aromatic ring is 1. The van der Waals surface area contributed by atoms with Gasteiger partial charge in [0.25, 0.3) is 0 Å². The first-order chi connectivity index (χ1) is 8.96. The lowest BCUT2D eigenvalue weighted by atomic mass is 10.1. The fourth-order valence-corrected chi connectivity index (χ4v) is 4.57. The third kappa shape index (κ3) is 2.86. The van der Waals surface area contributed by atoms with Crippen molar-refractivity contribution in [3.63, 3.8) is 0 Å². The molecule has 0 amide bonds. The van der Waals surface area contributed by atoms with Crippen LogP contribution in [0.5, 0.6) is 0 Å². The zero-order valence-electron chi connectivity index (χ0n) is 10.5. The molecule has 1 aliphatic heterocycles. The van der Waals surface area contributed by atoms with Gasteiger partial charge in [-0.1, -0.05) is 11.6 Å². The molecule has 19 heavy (non-hydrogen) atoms. The third-order valence-electron chi connectivity index (χ3n) is 3.21. The smallest absolute Gasteiger partial charge is 0.185 e. The SMILES string of the molecule is CO[C@@H]1COCC[C@@H]1S(=O)(=O)c1cc(N)ccc1Cl. The lowest BCUT2D eigenvalue weighted by Gasteiger charge is -2.30. The van der Waals surface area contributed by atoms with Crippen molar-refractivity contribution in [2.75, 3.05) is 26.1 Å². The van der Waals surface area contributed by atoms with Crippen molar-refractivity contribution in [1.29, 1.82) is 0 Å². The molecule has 1 aliphatic rings. The highest BCUT2D eigenvalue weighted by molar-refractivity contribution is 7.92. The van der Waals surface area contributed by atoms with Gasteiger partial charge >= 0.3 is 0 Å². The van der Waals surface area contributed by atoms with E-state index in [9.17, 15) is 8.42 Å². The molecule has 0 aliphatic carbocycles. The quantitative estimate of drug-likeness (QED) is 0.856. The summed E-state index contributed by atoms with van der Waals surface area (Å²) in [6.07, 6.45) is -0.109. The standard InChI is InChI=1S/C12H16ClNO4S/c1-17-10-7-18-5-4-11(10)19(15,16)12-6-8(14)2-3-9(12)13/h2-3,6,10-11H,4-5,7,14H2,1H3/t10-,11+/m1/s1. The van der Waals surface area contributed by atoms with E-state index in [0.717, 1.165) is 0 Å². The Morgan fingerprint density at radius 2 is 2.21 bits per heavy atom. The number of hydrogen-bond acceptors (Lipinski definition) is 5. The summed E-state index contributed by atoms with van der Waals surface area (Å²) < 4.78 is 35.8. The number of anilines is 1. The molecule has 106 valence electrons. The topological polar surface area (TPSA) is 78.6 Å². The zero-order valence-corrected chi connectivity index (χ0v) is 12.1. The van der Waals surface area contributed by atoms with Crippen LogP contribution >= 0.6 is 11.6 Å². The molecule has 0 radical (unpaired) electrons. The molecule has 5 nitrogen and oxygen atoms in total. The van der Waals surface area contributed by atoms with Gasteiger partial charge in [-0.2, -0.15) is 0 Å². The van der Waals surface area contributed by atoms with Gasteiger partial charge in [-0.3, -0.25) is 0 Å². The Balaban J connectivity index is 2.43. The molecule has 0 saturated carbocycles. The molecule has 7 heteroatoms. The van der Waals surface area contributed by atoms with E-state index in [2.05, 4.69) is 0 Å². The van der Waals surface area contributed by atoms with Crippen molar-refractivity contribution in [1.82, 2.24) is 0 Å². The Morgan fingerprint density at radius 1 is 1.47 bits per heavy atom.